The van der Waals surface area contributed by atoms with Crippen molar-refractivity contribution in [3.05, 3.63) is 63.6 Å². The summed E-state index contributed by atoms with van der Waals surface area (Å²) < 4.78 is 26.4. The van der Waals surface area contributed by atoms with E-state index in [0.29, 0.717) is 47.5 Å². The molecule has 126 valence electrons. The standard InChI is InChI=1S/C17H14Cl2F2N2O/c18-13-3-1-11(9-14(13)19)17(24)23-7-5-22(6-8-23)12-2-4-15(20)16(21)10-12/h1-4,9-10H,5-8H2. The van der Waals surface area contributed by atoms with Crippen LogP contribution in [0.2, 0.25) is 10.0 Å². The molecule has 0 aliphatic carbocycles. The van der Waals surface area contributed by atoms with Crippen molar-refractivity contribution in [2.24, 2.45) is 0 Å². The molecular weight excluding hydrogens is 357 g/mol. The molecule has 1 amide bonds. The van der Waals surface area contributed by atoms with Crippen LogP contribution < -0.4 is 4.90 Å². The van der Waals surface area contributed by atoms with Crippen molar-refractivity contribution in [1.29, 1.82) is 0 Å². The lowest BCUT2D eigenvalue weighted by Gasteiger charge is -2.36. The van der Waals surface area contributed by atoms with Crippen LogP contribution >= 0.6 is 23.2 Å². The molecule has 0 radical (unpaired) electrons. The smallest absolute Gasteiger partial charge is 0.254 e. The van der Waals surface area contributed by atoms with Crippen LogP contribution in [0, 0.1) is 11.6 Å². The molecule has 0 aromatic heterocycles. The largest absolute Gasteiger partial charge is 0.368 e. The Hall–Kier alpha value is -1.85. The third kappa shape index (κ3) is 3.47. The Morgan fingerprint density at radius 1 is 0.875 bits per heavy atom. The van der Waals surface area contributed by atoms with Gasteiger partial charge in [-0.3, -0.25) is 4.79 Å². The molecule has 3 rings (SSSR count). The Morgan fingerprint density at radius 2 is 1.58 bits per heavy atom. The summed E-state index contributed by atoms with van der Waals surface area (Å²) in [6.07, 6.45) is 0. The van der Waals surface area contributed by atoms with E-state index in [1.165, 1.54) is 12.1 Å². The SMILES string of the molecule is O=C(c1ccc(Cl)c(Cl)c1)N1CCN(c2ccc(F)c(F)c2)CC1. The first-order valence-corrected chi connectivity index (χ1v) is 8.15. The van der Waals surface area contributed by atoms with Gasteiger partial charge >= 0.3 is 0 Å². The van der Waals surface area contributed by atoms with Crippen LogP contribution in [-0.2, 0) is 0 Å². The van der Waals surface area contributed by atoms with E-state index in [4.69, 9.17) is 23.2 Å². The summed E-state index contributed by atoms with van der Waals surface area (Å²) >= 11 is 11.8. The lowest BCUT2D eigenvalue weighted by Crippen LogP contribution is -2.48. The quantitative estimate of drug-likeness (QED) is 0.789. The van der Waals surface area contributed by atoms with Gasteiger partial charge in [0.25, 0.3) is 5.91 Å². The van der Waals surface area contributed by atoms with E-state index in [1.807, 2.05) is 4.90 Å². The van der Waals surface area contributed by atoms with Crippen LogP contribution in [0.15, 0.2) is 36.4 Å². The molecule has 2 aromatic rings. The fourth-order valence-electron chi connectivity index (χ4n) is 2.66. The number of benzene rings is 2. The van der Waals surface area contributed by atoms with Gasteiger partial charge in [0.1, 0.15) is 0 Å². The van der Waals surface area contributed by atoms with Gasteiger partial charge in [-0.05, 0) is 30.3 Å². The van der Waals surface area contributed by atoms with Crippen LogP contribution in [0.5, 0.6) is 0 Å². The molecule has 0 atom stereocenters. The Labute approximate surface area is 148 Å². The zero-order chi connectivity index (χ0) is 17.3. The number of anilines is 1. The van der Waals surface area contributed by atoms with Gasteiger partial charge in [0, 0.05) is 43.5 Å². The second kappa shape index (κ2) is 6.95. The molecule has 7 heteroatoms. The molecule has 1 fully saturated rings. The summed E-state index contributed by atoms with van der Waals surface area (Å²) in [6.45, 7) is 2.05. The van der Waals surface area contributed by atoms with E-state index in [1.54, 1.807) is 23.1 Å². The van der Waals surface area contributed by atoms with Gasteiger partial charge in [0.15, 0.2) is 11.6 Å². The van der Waals surface area contributed by atoms with Crippen LogP contribution in [-0.4, -0.2) is 37.0 Å². The normalized spacial score (nSPS) is 14.8. The minimum Gasteiger partial charge on any atom is -0.368 e. The summed E-state index contributed by atoms with van der Waals surface area (Å²) in [4.78, 5) is 16.1. The maximum atomic E-state index is 13.3. The molecule has 3 nitrogen and oxygen atoms in total. The first-order valence-electron chi connectivity index (χ1n) is 7.40. The Balaban J connectivity index is 1.66. The summed E-state index contributed by atoms with van der Waals surface area (Å²) in [7, 11) is 0. The number of piperazine rings is 1. The zero-order valence-corrected chi connectivity index (χ0v) is 14.1. The number of carbonyl (C=O) groups excluding carboxylic acids is 1. The lowest BCUT2D eigenvalue weighted by atomic mass is 10.1. The third-order valence-electron chi connectivity index (χ3n) is 4.00. The number of halogens is 4. The highest BCUT2D eigenvalue weighted by molar-refractivity contribution is 6.42. The molecule has 24 heavy (non-hydrogen) atoms. The molecule has 1 aliphatic heterocycles. The number of carbonyl (C=O) groups is 1. The lowest BCUT2D eigenvalue weighted by molar-refractivity contribution is 0.0747. The van der Waals surface area contributed by atoms with Gasteiger partial charge in [0.2, 0.25) is 0 Å². The summed E-state index contributed by atoms with van der Waals surface area (Å²) in [5.41, 5.74) is 1.08. The molecule has 2 aromatic carbocycles. The highest BCUT2D eigenvalue weighted by atomic mass is 35.5. The van der Waals surface area contributed by atoms with Crippen LogP contribution in [0.25, 0.3) is 0 Å². The minimum atomic E-state index is -0.873. The van der Waals surface area contributed by atoms with E-state index in [-0.39, 0.29) is 5.91 Å². The van der Waals surface area contributed by atoms with Crippen molar-refractivity contribution in [2.45, 2.75) is 0 Å². The highest BCUT2D eigenvalue weighted by Crippen LogP contribution is 2.24. The number of nitrogens with zero attached hydrogens (tertiary/aromatic N) is 2. The van der Waals surface area contributed by atoms with Crippen LogP contribution in [0.1, 0.15) is 10.4 Å². The fourth-order valence-corrected chi connectivity index (χ4v) is 2.96. The predicted molar refractivity (Wildman–Crippen MR) is 90.9 cm³/mol. The summed E-state index contributed by atoms with van der Waals surface area (Å²) in [5, 5.41) is 0.735. The third-order valence-corrected chi connectivity index (χ3v) is 4.74. The Kier molecular flexibility index (Phi) is 4.92. The monoisotopic (exact) mass is 370 g/mol. The maximum absolute atomic E-state index is 13.3. The minimum absolute atomic E-state index is 0.126. The van der Waals surface area contributed by atoms with Crippen molar-refractivity contribution >= 4 is 34.8 Å². The maximum Gasteiger partial charge on any atom is 0.254 e. The average molecular weight is 371 g/mol. The number of hydrogen-bond acceptors (Lipinski definition) is 2. The van der Waals surface area contributed by atoms with Gasteiger partial charge in [-0.2, -0.15) is 0 Å². The highest BCUT2D eigenvalue weighted by Gasteiger charge is 2.23. The molecule has 0 N–H and O–H groups in total. The Bertz CT molecular complexity index is 777. The summed E-state index contributed by atoms with van der Waals surface area (Å²) in [5.74, 6) is -1.87. The number of rotatable bonds is 2. The van der Waals surface area contributed by atoms with Gasteiger partial charge in [-0.15, -0.1) is 0 Å². The van der Waals surface area contributed by atoms with Gasteiger partial charge in [-0.25, -0.2) is 8.78 Å². The van der Waals surface area contributed by atoms with Gasteiger partial charge in [0.05, 0.1) is 10.0 Å². The molecule has 0 saturated carbocycles. The molecule has 0 unspecified atom stereocenters. The number of hydrogen-bond donors (Lipinski definition) is 0. The molecule has 0 bridgehead atoms. The molecule has 1 aliphatic rings. The topological polar surface area (TPSA) is 23.6 Å². The molecule has 1 saturated heterocycles. The van der Waals surface area contributed by atoms with Crippen LogP contribution in [0.3, 0.4) is 0 Å². The van der Waals surface area contributed by atoms with Crippen molar-refractivity contribution in [2.75, 3.05) is 31.1 Å². The van der Waals surface area contributed by atoms with E-state index < -0.39 is 11.6 Å². The van der Waals surface area contributed by atoms with E-state index >= 15 is 0 Å². The van der Waals surface area contributed by atoms with Crippen molar-refractivity contribution in [3.63, 3.8) is 0 Å². The first-order chi connectivity index (χ1) is 11.5. The first kappa shape index (κ1) is 17.0. The van der Waals surface area contributed by atoms with E-state index in [9.17, 15) is 13.6 Å². The van der Waals surface area contributed by atoms with E-state index in [2.05, 4.69) is 0 Å². The van der Waals surface area contributed by atoms with Crippen LogP contribution in [0.4, 0.5) is 14.5 Å². The molecular formula is C17H14Cl2F2N2O. The second-order valence-corrected chi connectivity index (χ2v) is 6.32. The van der Waals surface area contributed by atoms with Gasteiger partial charge < -0.3 is 9.80 Å². The number of amides is 1. The van der Waals surface area contributed by atoms with E-state index in [0.717, 1.165) is 6.07 Å². The fraction of sp³-hybridized carbons (Fsp3) is 0.235. The molecule has 1 heterocycles. The zero-order valence-electron chi connectivity index (χ0n) is 12.6. The van der Waals surface area contributed by atoms with Crippen molar-refractivity contribution < 1.29 is 13.6 Å². The predicted octanol–water partition coefficient (Wildman–Crippen LogP) is 4.23. The van der Waals surface area contributed by atoms with Crippen molar-refractivity contribution in [1.82, 2.24) is 4.90 Å². The Morgan fingerprint density at radius 3 is 2.21 bits per heavy atom. The van der Waals surface area contributed by atoms with Gasteiger partial charge in [-0.1, -0.05) is 23.2 Å². The molecule has 0 spiro atoms. The average Bonchev–Trinajstić information content (AvgIpc) is 2.59. The second-order valence-electron chi connectivity index (χ2n) is 5.51. The summed E-state index contributed by atoms with van der Waals surface area (Å²) in [6, 6.07) is 8.60. The van der Waals surface area contributed by atoms with Crippen molar-refractivity contribution in [3.8, 4) is 0 Å².